The van der Waals surface area contributed by atoms with Crippen molar-refractivity contribution in [1.82, 2.24) is 4.90 Å². The van der Waals surface area contributed by atoms with Crippen molar-refractivity contribution in [2.75, 3.05) is 14.2 Å². The molecule has 1 aromatic heterocycles. The molecule has 1 amide bonds. The Labute approximate surface area is 158 Å². The van der Waals surface area contributed by atoms with Crippen LogP contribution in [0.4, 0.5) is 4.39 Å². The summed E-state index contributed by atoms with van der Waals surface area (Å²) in [5, 5.41) is 0.481. The minimum atomic E-state index is -0.324. The zero-order valence-corrected chi connectivity index (χ0v) is 16.3. The first-order valence-electron chi connectivity index (χ1n) is 7.70. The third kappa shape index (κ3) is 3.76. The highest BCUT2D eigenvalue weighted by Crippen LogP contribution is 2.34. The summed E-state index contributed by atoms with van der Waals surface area (Å²) in [4.78, 5) is 15.1. The van der Waals surface area contributed by atoms with E-state index in [2.05, 4.69) is 15.9 Å². The van der Waals surface area contributed by atoms with Crippen LogP contribution in [0.15, 0.2) is 46.9 Å². The average Bonchev–Trinajstić information content (AvgIpc) is 2.96. The quantitative estimate of drug-likeness (QED) is 0.564. The number of methoxy groups -OCH3 is 1. The number of amides is 1. The number of rotatable bonds is 5. The number of carbonyl (C=O) groups is 1. The van der Waals surface area contributed by atoms with Crippen LogP contribution in [0.1, 0.15) is 20.8 Å². The number of nitrogens with zero attached hydrogens (tertiary/aromatic N) is 1. The second kappa shape index (κ2) is 7.64. The molecular weight excluding hydrogens is 405 g/mol. The Morgan fingerprint density at radius 1 is 1.24 bits per heavy atom. The van der Waals surface area contributed by atoms with Crippen molar-refractivity contribution in [3.8, 4) is 0 Å². The molecule has 0 bridgehead atoms. The Bertz CT molecular complexity index is 908. The number of fused-ring (bicyclic) bond motifs is 1. The lowest BCUT2D eigenvalue weighted by molar-refractivity contribution is 0.0785. The zero-order chi connectivity index (χ0) is 18.0. The second-order valence-electron chi connectivity index (χ2n) is 5.74. The van der Waals surface area contributed by atoms with Gasteiger partial charge in [-0.15, -0.1) is 11.3 Å². The van der Waals surface area contributed by atoms with Gasteiger partial charge in [0.2, 0.25) is 0 Å². The van der Waals surface area contributed by atoms with Gasteiger partial charge in [0.15, 0.2) is 0 Å². The number of thiophene rings is 1. The van der Waals surface area contributed by atoms with E-state index in [1.54, 1.807) is 25.1 Å². The van der Waals surface area contributed by atoms with Gasteiger partial charge in [-0.2, -0.15) is 0 Å². The molecule has 0 saturated heterocycles. The standard InChI is InChI=1S/C19H17BrFNO2S/c1-22(10-12-6-8-13(20)9-7-12)19(23)18-14(11-24-2)17-15(21)4-3-5-16(17)25-18/h3-9H,10-11H2,1-2H3. The van der Waals surface area contributed by atoms with Crippen LogP contribution in [0.25, 0.3) is 10.1 Å². The van der Waals surface area contributed by atoms with Crippen molar-refractivity contribution >= 4 is 43.3 Å². The van der Waals surface area contributed by atoms with Gasteiger partial charge in [0.05, 0.1) is 11.5 Å². The average molecular weight is 422 g/mol. The summed E-state index contributed by atoms with van der Waals surface area (Å²) in [5.41, 5.74) is 1.65. The fourth-order valence-corrected chi connectivity index (χ4v) is 4.21. The minimum Gasteiger partial charge on any atom is -0.380 e. The topological polar surface area (TPSA) is 29.5 Å². The van der Waals surface area contributed by atoms with E-state index in [-0.39, 0.29) is 18.3 Å². The van der Waals surface area contributed by atoms with Crippen LogP contribution < -0.4 is 0 Å². The van der Waals surface area contributed by atoms with Gasteiger partial charge in [0.25, 0.3) is 5.91 Å². The van der Waals surface area contributed by atoms with Crippen molar-refractivity contribution < 1.29 is 13.9 Å². The molecule has 0 spiro atoms. The molecule has 0 fully saturated rings. The Kier molecular flexibility index (Phi) is 5.51. The maximum Gasteiger partial charge on any atom is 0.264 e. The first-order valence-corrected chi connectivity index (χ1v) is 9.31. The highest BCUT2D eigenvalue weighted by molar-refractivity contribution is 9.10. The van der Waals surface area contributed by atoms with Gasteiger partial charge in [0.1, 0.15) is 5.82 Å². The molecular formula is C19H17BrFNO2S. The molecule has 1 heterocycles. The fraction of sp³-hybridized carbons (Fsp3) is 0.211. The molecule has 3 aromatic rings. The van der Waals surface area contributed by atoms with Crippen LogP contribution in [0.5, 0.6) is 0 Å². The first-order chi connectivity index (χ1) is 12.0. The van der Waals surface area contributed by atoms with Gasteiger partial charge in [-0.3, -0.25) is 4.79 Å². The number of carbonyl (C=O) groups excluding carboxylic acids is 1. The van der Waals surface area contributed by atoms with Gasteiger partial charge in [-0.25, -0.2) is 4.39 Å². The summed E-state index contributed by atoms with van der Waals surface area (Å²) in [7, 11) is 3.30. The summed E-state index contributed by atoms with van der Waals surface area (Å²) in [5.74, 6) is -0.453. The van der Waals surface area contributed by atoms with E-state index < -0.39 is 0 Å². The summed E-state index contributed by atoms with van der Waals surface area (Å²) >= 11 is 4.71. The van der Waals surface area contributed by atoms with Gasteiger partial charge >= 0.3 is 0 Å². The summed E-state index contributed by atoms with van der Waals surface area (Å²) in [6.45, 7) is 0.684. The van der Waals surface area contributed by atoms with Gasteiger partial charge in [-0.1, -0.05) is 34.1 Å². The summed E-state index contributed by atoms with van der Waals surface area (Å²) in [6.07, 6.45) is 0. The Morgan fingerprint density at radius 2 is 1.96 bits per heavy atom. The molecule has 6 heteroatoms. The highest BCUT2D eigenvalue weighted by atomic mass is 79.9. The van der Waals surface area contributed by atoms with E-state index in [1.165, 1.54) is 17.4 Å². The third-order valence-corrected chi connectivity index (χ3v) is 5.64. The number of ether oxygens (including phenoxy) is 1. The van der Waals surface area contributed by atoms with E-state index in [9.17, 15) is 9.18 Å². The van der Waals surface area contributed by atoms with Crippen molar-refractivity contribution in [3.05, 3.63) is 68.8 Å². The number of hydrogen-bond donors (Lipinski definition) is 0. The first kappa shape index (κ1) is 18.0. The van der Waals surface area contributed by atoms with Crippen LogP contribution in [-0.4, -0.2) is 25.0 Å². The van der Waals surface area contributed by atoms with E-state index in [1.807, 2.05) is 30.3 Å². The van der Waals surface area contributed by atoms with Crippen molar-refractivity contribution in [2.45, 2.75) is 13.2 Å². The zero-order valence-electron chi connectivity index (χ0n) is 13.9. The van der Waals surface area contributed by atoms with Gasteiger partial charge < -0.3 is 9.64 Å². The Hall–Kier alpha value is -1.76. The molecule has 3 nitrogen and oxygen atoms in total. The van der Waals surface area contributed by atoms with E-state index in [0.717, 1.165) is 14.7 Å². The molecule has 130 valence electrons. The number of benzene rings is 2. The fourth-order valence-electron chi connectivity index (χ4n) is 2.73. The molecule has 2 aromatic carbocycles. The molecule has 0 unspecified atom stereocenters. The van der Waals surface area contributed by atoms with Crippen LogP contribution in [-0.2, 0) is 17.9 Å². The third-order valence-electron chi connectivity index (χ3n) is 3.93. The Balaban J connectivity index is 1.94. The molecule has 0 aliphatic carbocycles. The number of halogens is 2. The molecule has 0 atom stereocenters. The molecule has 3 rings (SSSR count). The SMILES string of the molecule is COCc1c(C(=O)N(C)Cc2ccc(Br)cc2)sc2cccc(F)c12. The second-order valence-corrected chi connectivity index (χ2v) is 7.71. The maximum atomic E-state index is 14.3. The smallest absolute Gasteiger partial charge is 0.264 e. The van der Waals surface area contributed by atoms with Crippen LogP contribution in [0.3, 0.4) is 0 Å². The van der Waals surface area contributed by atoms with E-state index in [0.29, 0.717) is 22.4 Å². The van der Waals surface area contributed by atoms with E-state index in [4.69, 9.17) is 4.74 Å². The largest absolute Gasteiger partial charge is 0.380 e. The predicted octanol–water partition coefficient (Wildman–Crippen LogP) is 5.22. The molecule has 0 aliphatic heterocycles. The predicted molar refractivity (Wildman–Crippen MR) is 102 cm³/mol. The Morgan fingerprint density at radius 3 is 2.64 bits per heavy atom. The van der Waals surface area contributed by atoms with Crippen LogP contribution in [0, 0.1) is 5.82 Å². The molecule has 0 radical (unpaired) electrons. The van der Waals surface area contributed by atoms with E-state index >= 15 is 0 Å². The lowest BCUT2D eigenvalue weighted by Gasteiger charge is -2.17. The van der Waals surface area contributed by atoms with Crippen LogP contribution in [0.2, 0.25) is 0 Å². The normalized spacial score (nSPS) is 11.0. The number of hydrogen-bond acceptors (Lipinski definition) is 3. The molecule has 25 heavy (non-hydrogen) atoms. The lowest BCUT2D eigenvalue weighted by Crippen LogP contribution is -2.26. The van der Waals surface area contributed by atoms with Gasteiger partial charge in [-0.05, 0) is 29.8 Å². The maximum absolute atomic E-state index is 14.3. The monoisotopic (exact) mass is 421 g/mol. The summed E-state index contributed by atoms with van der Waals surface area (Å²) in [6, 6.07) is 12.7. The molecule has 0 aliphatic rings. The minimum absolute atomic E-state index is 0.129. The lowest BCUT2D eigenvalue weighted by atomic mass is 10.1. The van der Waals surface area contributed by atoms with Crippen LogP contribution >= 0.6 is 27.3 Å². The van der Waals surface area contributed by atoms with Crippen molar-refractivity contribution in [3.63, 3.8) is 0 Å². The molecule has 0 saturated carbocycles. The summed E-state index contributed by atoms with van der Waals surface area (Å²) < 4.78 is 21.2. The highest BCUT2D eigenvalue weighted by Gasteiger charge is 2.23. The molecule has 0 N–H and O–H groups in total. The van der Waals surface area contributed by atoms with Gasteiger partial charge in [0, 0.05) is 40.8 Å². The van der Waals surface area contributed by atoms with Crippen molar-refractivity contribution in [1.29, 1.82) is 0 Å². The van der Waals surface area contributed by atoms with Crippen molar-refractivity contribution in [2.24, 2.45) is 0 Å².